The first kappa shape index (κ1) is 18.0. The summed E-state index contributed by atoms with van der Waals surface area (Å²) in [5.74, 6) is 0.964. The van der Waals surface area contributed by atoms with Crippen molar-refractivity contribution in [3.05, 3.63) is 89.0 Å². The van der Waals surface area contributed by atoms with E-state index in [9.17, 15) is 4.79 Å². The maximum Gasteiger partial charge on any atom is 0.234 e. The molecule has 1 aliphatic heterocycles. The lowest BCUT2D eigenvalue weighted by Crippen LogP contribution is -2.41. The third-order valence-electron chi connectivity index (χ3n) is 6.04. The van der Waals surface area contributed by atoms with E-state index < -0.39 is 0 Å². The highest BCUT2D eigenvalue weighted by atomic mass is 16.5. The molecule has 4 heteroatoms. The van der Waals surface area contributed by atoms with E-state index >= 15 is 0 Å². The molecular weight excluding hydrogens is 360 g/mol. The van der Waals surface area contributed by atoms with Crippen molar-refractivity contribution >= 4 is 5.91 Å². The molecule has 1 N–H and O–H groups in total. The summed E-state index contributed by atoms with van der Waals surface area (Å²) < 4.78 is 5.52. The Labute approximate surface area is 171 Å². The van der Waals surface area contributed by atoms with E-state index in [-0.39, 0.29) is 11.9 Å². The topological polar surface area (TPSA) is 41.6 Å². The van der Waals surface area contributed by atoms with E-state index in [1.54, 1.807) is 7.11 Å². The van der Waals surface area contributed by atoms with E-state index in [1.165, 1.54) is 33.4 Å². The average molecular weight is 384 g/mol. The monoisotopic (exact) mass is 384 g/mol. The van der Waals surface area contributed by atoms with Crippen molar-refractivity contribution in [3.8, 4) is 16.9 Å². The van der Waals surface area contributed by atoms with Gasteiger partial charge in [0.05, 0.1) is 19.7 Å². The molecule has 0 bridgehead atoms. The number of carbonyl (C=O) groups excluding carboxylic acids is 1. The Morgan fingerprint density at radius 3 is 2.38 bits per heavy atom. The number of amides is 1. The van der Waals surface area contributed by atoms with Gasteiger partial charge in [0.1, 0.15) is 5.75 Å². The first-order valence-electron chi connectivity index (χ1n) is 10.1. The van der Waals surface area contributed by atoms with Crippen LogP contribution in [0.15, 0.2) is 66.7 Å². The smallest absolute Gasteiger partial charge is 0.234 e. The lowest BCUT2D eigenvalue weighted by atomic mass is 9.99. The van der Waals surface area contributed by atoms with Crippen LogP contribution in [0, 0.1) is 0 Å². The summed E-state index contributed by atoms with van der Waals surface area (Å²) in [6, 6.07) is 22.8. The maximum atomic E-state index is 13.0. The van der Waals surface area contributed by atoms with Gasteiger partial charge in [-0.3, -0.25) is 9.69 Å². The van der Waals surface area contributed by atoms with Crippen LogP contribution in [0.1, 0.15) is 28.3 Å². The number of fused-ring (bicyclic) bond motifs is 4. The minimum absolute atomic E-state index is 0.0554. The molecule has 0 atom stereocenters. The minimum atomic E-state index is -0.0819. The van der Waals surface area contributed by atoms with Gasteiger partial charge in [0.2, 0.25) is 5.91 Å². The standard InChI is InChI=1S/C25H24N2O2/c1-29-23-12-6-7-17-13-14-27(15-22(17)23)16-24(28)26-25-20-10-4-2-8-18(20)19-9-3-5-11-21(19)25/h2-12,25H,13-16H2,1H3,(H,26,28). The molecule has 3 aromatic carbocycles. The fourth-order valence-electron chi connectivity index (χ4n) is 4.65. The summed E-state index contributed by atoms with van der Waals surface area (Å²) >= 11 is 0. The van der Waals surface area contributed by atoms with Gasteiger partial charge in [-0.1, -0.05) is 60.7 Å². The van der Waals surface area contributed by atoms with Crippen molar-refractivity contribution in [2.24, 2.45) is 0 Å². The van der Waals surface area contributed by atoms with Crippen LogP contribution in [0.2, 0.25) is 0 Å². The lowest BCUT2D eigenvalue weighted by molar-refractivity contribution is -0.123. The van der Waals surface area contributed by atoms with E-state index in [0.717, 1.165) is 25.3 Å². The molecule has 1 heterocycles. The number of carbonyl (C=O) groups is 1. The number of benzene rings is 3. The molecular formula is C25H24N2O2. The van der Waals surface area contributed by atoms with Crippen LogP contribution >= 0.6 is 0 Å². The molecule has 0 fully saturated rings. The maximum absolute atomic E-state index is 13.0. The van der Waals surface area contributed by atoms with Gasteiger partial charge in [-0.25, -0.2) is 0 Å². The molecule has 1 aliphatic carbocycles. The van der Waals surface area contributed by atoms with Crippen LogP contribution in [0.5, 0.6) is 5.75 Å². The highest BCUT2D eigenvalue weighted by molar-refractivity contribution is 5.84. The minimum Gasteiger partial charge on any atom is -0.496 e. The van der Waals surface area contributed by atoms with Crippen molar-refractivity contribution in [3.63, 3.8) is 0 Å². The van der Waals surface area contributed by atoms with Crippen molar-refractivity contribution in [1.82, 2.24) is 10.2 Å². The molecule has 0 saturated heterocycles. The average Bonchev–Trinajstić information content (AvgIpc) is 3.07. The Morgan fingerprint density at radius 1 is 1.00 bits per heavy atom. The normalized spacial score (nSPS) is 15.3. The SMILES string of the molecule is COc1cccc2c1CN(CC(=O)NC1c3ccccc3-c3ccccc31)CC2. The van der Waals surface area contributed by atoms with Gasteiger partial charge in [-0.05, 0) is 40.3 Å². The molecule has 5 rings (SSSR count). The zero-order valence-corrected chi connectivity index (χ0v) is 16.5. The molecule has 0 saturated carbocycles. The van der Waals surface area contributed by atoms with Gasteiger partial charge in [-0.2, -0.15) is 0 Å². The number of nitrogens with zero attached hydrogens (tertiary/aromatic N) is 1. The second-order valence-electron chi connectivity index (χ2n) is 7.73. The van der Waals surface area contributed by atoms with Gasteiger partial charge in [0.15, 0.2) is 0 Å². The zero-order valence-electron chi connectivity index (χ0n) is 16.5. The largest absolute Gasteiger partial charge is 0.496 e. The molecule has 29 heavy (non-hydrogen) atoms. The molecule has 0 unspecified atom stereocenters. The van der Waals surface area contributed by atoms with Gasteiger partial charge in [0.25, 0.3) is 0 Å². The van der Waals surface area contributed by atoms with Gasteiger partial charge in [-0.15, -0.1) is 0 Å². The number of nitrogens with one attached hydrogen (secondary N) is 1. The zero-order chi connectivity index (χ0) is 19.8. The Bertz CT molecular complexity index is 1020. The molecule has 146 valence electrons. The van der Waals surface area contributed by atoms with Crippen LogP contribution in [-0.4, -0.2) is 31.0 Å². The number of hydrogen-bond donors (Lipinski definition) is 1. The second-order valence-corrected chi connectivity index (χ2v) is 7.73. The van der Waals surface area contributed by atoms with Crippen LogP contribution in [-0.2, 0) is 17.8 Å². The van der Waals surface area contributed by atoms with Crippen LogP contribution in [0.4, 0.5) is 0 Å². The molecule has 2 aliphatic rings. The summed E-state index contributed by atoms with van der Waals surface area (Å²) in [6.07, 6.45) is 0.939. The van der Waals surface area contributed by atoms with Gasteiger partial charge < -0.3 is 10.1 Å². The Kier molecular flexibility index (Phi) is 4.57. The number of ether oxygens (including phenoxy) is 1. The van der Waals surface area contributed by atoms with Gasteiger partial charge >= 0.3 is 0 Å². The highest BCUT2D eigenvalue weighted by Gasteiger charge is 2.30. The molecule has 3 aromatic rings. The van der Waals surface area contributed by atoms with Crippen molar-refractivity contribution < 1.29 is 9.53 Å². The Balaban J connectivity index is 1.33. The molecule has 1 amide bonds. The Hall–Kier alpha value is -3.11. The quantitative estimate of drug-likeness (QED) is 0.741. The first-order chi connectivity index (χ1) is 14.2. The Morgan fingerprint density at radius 2 is 1.69 bits per heavy atom. The summed E-state index contributed by atoms with van der Waals surface area (Å²) in [5, 5.41) is 3.28. The third kappa shape index (κ3) is 3.19. The predicted molar refractivity (Wildman–Crippen MR) is 114 cm³/mol. The molecule has 4 nitrogen and oxygen atoms in total. The van der Waals surface area contributed by atoms with Crippen LogP contribution < -0.4 is 10.1 Å². The molecule has 0 aromatic heterocycles. The van der Waals surface area contributed by atoms with E-state index in [1.807, 2.05) is 24.3 Å². The van der Waals surface area contributed by atoms with E-state index in [4.69, 9.17) is 4.74 Å². The fraction of sp³-hybridized carbons (Fsp3) is 0.240. The van der Waals surface area contributed by atoms with Crippen LogP contribution in [0.25, 0.3) is 11.1 Å². The summed E-state index contributed by atoms with van der Waals surface area (Å²) in [4.78, 5) is 15.2. The second kappa shape index (κ2) is 7.37. The fourth-order valence-corrected chi connectivity index (χ4v) is 4.65. The first-order valence-corrected chi connectivity index (χ1v) is 10.1. The van der Waals surface area contributed by atoms with Gasteiger partial charge in [0, 0.05) is 18.7 Å². The van der Waals surface area contributed by atoms with Crippen molar-refractivity contribution in [2.45, 2.75) is 19.0 Å². The van der Waals surface area contributed by atoms with Crippen LogP contribution in [0.3, 0.4) is 0 Å². The molecule has 0 spiro atoms. The van der Waals surface area contributed by atoms with E-state index in [0.29, 0.717) is 6.54 Å². The van der Waals surface area contributed by atoms with Crippen molar-refractivity contribution in [1.29, 1.82) is 0 Å². The summed E-state index contributed by atoms with van der Waals surface area (Å²) in [7, 11) is 1.70. The lowest BCUT2D eigenvalue weighted by Gasteiger charge is -2.29. The van der Waals surface area contributed by atoms with Crippen molar-refractivity contribution in [2.75, 3.05) is 20.2 Å². The summed E-state index contributed by atoms with van der Waals surface area (Å²) in [5.41, 5.74) is 7.29. The highest BCUT2D eigenvalue weighted by Crippen LogP contribution is 2.43. The third-order valence-corrected chi connectivity index (χ3v) is 6.04. The number of methoxy groups -OCH3 is 1. The number of hydrogen-bond acceptors (Lipinski definition) is 3. The molecule has 0 radical (unpaired) electrons. The predicted octanol–water partition coefficient (Wildman–Crippen LogP) is 3.94. The summed E-state index contributed by atoms with van der Waals surface area (Å²) in [6.45, 7) is 2.01. The van der Waals surface area contributed by atoms with E-state index in [2.05, 4.69) is 52.7 Å². The number of rotatable bonds is 4.